The molecule has 0 fully saturated rings. The molecule has 2 heterocycles. The second-order valence-electron chi connectivity index (χ2n) is 6.57. The lowest BCUT2D eigenvalue weighted by atomic mass is 10.1. The Morgan fingerprint density at radius 1 is 1.11 bits per heavy atom. The molecular weight excluding hydrogens is 342 g/mol. The third-order valence-electron chi connectivity index (χ3n) is 4.46. The smallest absolute Gasteiger partial charge is 0.259 e. The Labute approximate surface area is 158 Å². The van der Waals surface area contributed by atoms with Crippen LogP contribution < -0.4 is 5.32 Å². The Hall–Kier alpha value is -3.35. The number of aromatic nitrogens is 3. The first-order chi connectivity index (χ1) is 12.9. The van der Waals surface area contributed by atoms with Gasteiger partial charge in [-0.05, 0) is 37.1 Å². The standard InChI is InChI=1S/C20H23N5O2/c1-14-8-7-9-15(2)18(14)22-17(26)13-23(3)20(27)16-12-21-24(4)19(16)25-10-5-6-11-25/h5-12H,13H2,1-4H3,(H,22,26). The predicted molar refractivity (Wildman–Crippen MR) is 104 cm³/mol. The maximum Gasteiger partial charge on any atom is 0.259 e. The minimum atomic E-state index is -0.261. The number of para-hydroxylation sites is 1. The predicted octanol–water partition coefficient (Wildman–Crippen LogP) is 2.54. The third kappa shape index (κ3) is 3.76. The van der Waals surface area contributed by atoms with E-state index in [1.165, 1.54) is 11.1 Å². The molecule has 2 aromatic heterocycles. The highest BCUT2D eigenvalue weighted by atomic mass is 16.2. The number of aryl methyl sites for hydroxylation is 3. The quantitative estimate of drug-likeness (QED) is 0.755. The Balaban J connectivity index is 1.74. The molecule has 140 valence electrons. The number of anilines is 1. The van der Waals surface area contributed by atoms with Crippen LogP contribution in [0.25, 0.3) is 5.82 Å². The van der Waals surface area contributed by atoms with Crippen molar-refractivity contribution in [1.29, 1.82) is 0 Å². The van der Waals surface area contributed by atoms with Gasteiger partial charge in [0.1, 0.15) is 11.4 Å². The first-order valence-corrected chi connectivity index (χ1v) is 8.65. The van der Waals surface area contributed by atoms with E-state index in [0.717, 1.165) is 16.8 Å². The fourth-order valence-electron chi connectivity index (χ4n) is 3.05. The van der Waals surface area contributed by atoms with Crippen molar-refractivity contribution in [2.45, 2.75) is 13.8 Å². The zero-order valence-corrected chi connectivity index (χ0v) is 15.9. The number of likely N-dealkylation sites (N-methyl/N-ethyl adjacent to an activating group) is 1. The van der Waals surface area contributed by atoms with Gasteiger partial charge < -0.3 is 14.8 Å². The average molecular weight is 365 g/mol. The first-order valence-electron chi connectivity index (χ1n) is 8.65. The topological polar surface area (TPSA) is 72.2 Å². The highest BCUT2D eigenvalue weighted by Gasteiger charge is 2.22. The van der Waals surface area contributed by atoms with E-state index in [4.69, 9.17) is 0 Å². The normalized spacial score (nSPS) is 10.7. The van der Waals surface area contributed by atoms with Crippen LogP contribution in [0.5, 0.6) is 0 Å². The number of nitrogens with zero attached hydrogens (tertiary/aromatic N) is 4. The van der Waals surface area contributed by atoms with Gasteiger partial charge in [0.05, 0.1) is 12.7 Å². The summed E-state index contributed by atoms with van der Waals surface area (Å²) < 4.78 is 3.46. The van der Waals surface area contributed by atoms with Crippen LogP contribution in [-0.2, 0) is 11.8 Å². The molecule has 1 N–H and O–H groups in total. The van der Waals surface area contributed by atoms with E-state index in [-0.39, 0.29) is 18.4 Å². The molecular formula is C20H23N5O2. The maximum absolute atomic E-state index is 12.9. The van der Waals surface area contributed by atoms with Crippen LogP contribution in [-0.4, -0.2) is 44.7 Å². The average Bonchev–Trinajstić information content (AvgIpc) is 3.26. The van der Waals surface area contributed by atoms with Crippen LogP contribution in [0.3, 0.4) is 0 Å². The molecule has 2 amide bonds. The number of hydrogen-bond acceptors (Lipinski definition) is 3. The number of hydrogen-bond donors (Lipinski definition) is 1. The van der Waals surface area contributed by atoms with E-state index < -0.39 is 0 Å². The highest BCUT2D eigenvalue weighted by Crippen LogP contribution is 2.20. The van der Waals surface area contributed by atoms with Crippen molar-refractivity contribution in [3.8, 4) is 5.82 Å². The Bertz CT molecular complexity index is 952. The van der Waals surface area contributed by atoms with Crippen molar-refractivity contribution >= 4 is 17.5 Å². The summed E-state index contributed by atoms with van der Waals surface area (Å²) in [4.78, 5) is 26.7. The molecule has 0 unspecified atom stereocenters. The molecule has 1 aromatic carbocycles. The fraction of sp³-hybridized carbons (Fsp3) is 0.250. The summed E-state index contributed by atoms with van der Waals surface area (Å²) >= 11 is 0. The molecule has 27 heavy (non-hydrogen) atoms. The zero-order valence-electron chi connectivity index (χ0n) is 15.9. The summed E-state index contributed by atoms with van der Waals surface area (Å²) in [7, 11) is 3.39. The lowest BCUT2D eigenvalue weighted by Crippen LogP contribution is -2.35. The van der Waals surface area contributed by atoms with Crippen LogP contribution in [0, 0.1) is 13.8 Å². The van der Waals surface area contributed by atoms with Gasteiger partial charge in [0.25, 0.3) is 5.91 Å². The summed E-state index contributed by atoms with van der Waals surface area (Å²) in [5, 5.41) is 7.10. The molecule has 0 bridgehead atoms. The third-order valence-corrected chi connectivity index (χ3v) is 4.46. The van der Waals surface area contributed by atoms with Gasteiger partial charge >= 0.3 is 0 Å². The van der Waals surface area contributed by atoms with Gasteiger partial charge in [-0.3, -0.25) is 14.3 Å². The van der Waals surface area contributed by atoms with E-state index in [0.29, 0.717) is 11.4 Å². The number of nitrogens with one attached hydrogen (secondary N) is 1. The van der Waals surface area contributed by atoms with Gasteiger partial charge in [-0.1, -0.05) is 18.2 Å². The molecule has 0 spiro atoms. The summed E-state index contributed by atoms with van der Waals surface area (Å²) in [6.45, 7) is 3.83. The second kappa shape index (κ2) is 7.49. The molecule has 0 aliphatic rings. The van der Waals surface area contributed by atoms with Crippen molar-refractivity contribution in [3.63, 3.8) is 0 Å². The van der Waals surface area contributed by atoms with Crippen molar-refractivity contribution in [2.24, 2.45) is 7.05 Å². The van der Waals surface area contributed by atoms with Gasteiger partial charge in [0.15, 0.2) is 0 Å². The Morgan fingerprint density at radius 2 is 1.74 bits per heavy atom. The van der Waals surface area contributed by atoms with Crippen LogP contribution in [0.15, 0.2) is 48.9 Å². The van der Waals surface area contributed by atoms with E-state index in [1.54, 1.807) is 18.8 Å². The monoisotopic (exact) mass is 365 g/mol. The maximum atomic E-state index is 12.9. The van der Waals surface area contributed by atoms with Gasteiger partial charge in [0, 0.05) is 32.2 Å². The van der Waals surface area contributed by atoms with E-state index in [2.05, 4.69) is 10.4 Å². The van der Waals surface area contributed by atoms with Crippen LogP contribution in [0.4, 0.5) is 5.69 Å². The molecule has 0 aliphatic carbocycles. The van der Waals surface area contributed by atoms with Crippen molar-refractivity contribution in [3.05, 3.63) is 65.6 Å². The van der Waals surface area contributed by atoms with E-state index in [1.807, 2.05) is 61.1 Å². The molecule has 3 aromatic rings. The summed E-state index contributed by atoms with van der Waals surface area (Å²) in [5.74, 6) is 0.158. The molecule has 0 saturated heterocycles. The molecule has 7 heteroatoms. The van der Waals surface area contributed by atoms with Gasteiger partial charge in [0.2, 0.25) is 5.91 Å². The summed E-state index contributed by atoms with van der Waals surface area (Å²) in [6, 6.07) is 9.58. The number of rotatable bonds is 5. The minimum absolute atomic E-state index is 0.0490. The second-order valence-corrected chi connectivity index (χ2v) is 6.57. The zero-order chi connectivity index (χ0) is 19.6. The largest absolute Gasteiger partial charge is 0.332 e. The Kier molecular flexibility index (Phi) is 5.12. The molecule has 0 radical (unpaired) electrons. The lowest BCUT2D eigenvalue weighted by molar-refractivity contribution is -0.116. The van der Waals surface area contributed by atoms with E-state index >= 15 is 0 Å². The summed E-state index contributed by atoms with van der Waals surface area (Å²) in [6.07, 6.45) is 5.22. The highest BCUT2D eigenvalue weighted by molar-refractivity contribution is 6.01. The molecule has 3 rings (SSSR count). The number of carbonyl (C=O) groups is 2. The molecule has 7 nitrogen and oxygen atoms in total. The number of amides is 2. The van der Waals surface area contributed by atoms with Crippen molar-refractivity contribution < 1.29 is 9.59 Å². The van der Waals surface area contributed by atoms with Crippen molar-refractivity contribution in [1.82, 2.24) is 19.2 Å². The minimum Gasteiger partial charge on any atom is -0.332 e. The number of carbonyl (C=O) groups excluding carboxylic acids is 2. The van der Waals surface area contributed by atoms with Crippen LogP contribution >= 0.6 is 0 Å². The molecule has 0 saturated carbocycles. The summed E-state index contributed by atoms with van der Waals surface area (Å²) in [5.41, 5.74) is 3.20. The first kappa shape index (κ1) is 18.4. The van der Waals surface area contributed by atoms with Gasteiger partial charge in [-0.25, -0.2) is 0 Å². The Morgan fingerprint density at radius 3 is 2.37 bits per heavy atom. The molecule has 0 atom stereocenters. The lowest BCUT2D eigenvalue weighted by Gasteiger charge is -2.18. The fourth-order valence-corrected chi connectivity index (χ4v) is 3.05. The SMILES string of the molecule is Cc1cccc(C)c1NC(=O)CN(C)C(=O)c1cnn(C)c1-n1cccc1. The van der Waals surface area contributed by atoms with E-state index in [9.17, 15) is 9.59 Å². The van der Waals surface area contributed by atoms with Crippen LogP contribution in [0.2, 0.25) is 0 Å². The van der Waals surface area contributed by atoms with Gasteiger partial charge in [-0.2, -0.15) is 5.10 Å². The van der Waals surface area contributed by atoms with Gasteiger partial charge in [-0.15, -0.1) is 0 Å². The van der Waals surface area contributed by atoms with Crippen molar-refractivity contribution in [2.75, 3.05) is 18.9 Å². The molecule has 0 aliphatic heterocycles. The van der Waals surface area contributed by atoms with Crippen LogP contribution in [0.1, 0.15) is 21.5 Å². The number of benzene rings is 1.